The van der Waals surface area contributed by atoms with Crippen molar-refractivity contribution in [3.8, 4) is 11.5 Å². The molecule has 0 aliphatic rings. The first-order valence-corrected chi connectivity index (χ1v) is 14.6. The van der Waals surface area contributed by atoms with E-state index in [1.54, 1.807) is 11.6 Å². The first-order valence-electron chi connectivity index (χ1n) is 9.23. The molecule has 1 unspecified atom stereocenters. The van der Waals surface area contributed by atoms with Gasteiger partial charge in [0.1, 0.15) is 8.07 Å². The largest absolute Gasteiger partial charge is 0.465 e. The Morgan fingerprint density at radius 3 is 2.57 bits per heavy atom. The van der Waals surface area contributed by atoms with Crippen molar-refractivity contribution in [2.45, 2.75) is 51.2 Å². The molecule has 1 atom stereocenters. The highest BCUT2D eigenvalue weighted by Crippen LogP contribution is 2.24. The van der Waals surface area contributed by atoms with Crippen molar-refractivity contribution in [1.82, 2.24) is 9.78 Å². The van der Waals surface area contributed by atoms with Gasteiger partial charge in [0, 0.05) is 29.9 Å². The second-order valence-corrected chi connectivity index (χ2v) is 15.3. The minimum absolute atomic E-state index is 0.0843. The van der Waals surface area contributed by atoms with Crippen LogP contribution >= 0.6 is 0 Å². The molecule has 0 saturated carbocycles. The molecule has 0 radical (unpaired) electrons. The molecule has 0 aliphatic heterocycles. The second kappa shape index (κ2) is 8.09. The number of esters is 1. The minimum Gasteiger partial charge on any atom is -0.465 e. The van der Waals surface area contributed by atoms with Crippen molar-refractivity contribution in [3.05, 3.63) is 30.0 Å². The monoisotopic (exact) mass is 420 g/mol. The van der Waals surface area contributed by atoms with Gasteiger partial charge in [0.2, 0.25) is 0 Å². The number of rotatable bonds is 6. The summed E-state index contributed by atoms with van der Waals surface area (Å²) < 4.78 is 29.5. The number of ether oxygens (including phenoxy) is 1. The number of aryl methyl sites for hydroxylation is 1. The van der Waals surface area contributed by atoms with E-state index in [0.717, 1.165) is 22.7 Å². The lowest BCUT2D eigenvalue weighted by molar-refractivity contribution is -0.146. The Morgan fingerprint density at radius 2 is 2.00 bits per heavy atom. The molecule has 152 valence electrons. The third kappa shape index (κ3) is 5.24. The maximum absolute atomic E-state index is 12.3. The lowest BCUT2D eigenvalue weighted by Crippen LogP contribution is -2.45. The highest BCUT2D eigenvalue weighted by atomic mass is 32.2. The molecule has 2 aromatic rings. The molecule has 6 nitrogen and oxygen atoms in total. The number of sulfone groups is 1. The molecule has 1 aromatic carbocycles. The van der Waals surface area contributed by atoms with Crippen molar-refractivity contribution >= 4 is 34.8 Å². The third-order valence-corrected chi connectivity index (χ3v) is 7.36. The zero-order valence-electron chi connectivity index (χ0n) is 17.4. The smallest absolute Gasteiger partial charge is 0.327 e. The summed E-state index contributed by atoms with van der Waals surface area (Å²) in [6.07, 6.45) is 3.00. The van der Waals surface area contributed by atoms with E-state index in [9.17, 15) is 13.2 Å². The Labute approximate surface area is 168 Å². The van der Waals surface area contributed by atoms with E-state index in [1.165, 1.54) is 6.92 Å². The molecule has 0 amide bonds. The van der Waals surface area contributed by atoms with Gasteiger partial charge in [0.15, 0.2) is 14.6 Å². The highest BCUT2D eigenvalue weighted by molar-refractivity contribution is 7.92. The van der Waals surface area contributed by atoms with E-state index in [0.29, 0.717) is 0 Å². The van der Waals surface area contributed by atoms with E-state index >= 15 is 0 Å². The standard InChI is InChI=1S/C20H28N2O4SSi/c1-7-26-19(23)20(2,27(3,24)25)11-12-22-15-17-14-16(8-9-18(17)21-22)10-13-28(4,5)6/h8-9,14-15H,7,11-12H2,1-6H3. The average molecular weight is 421 g/mol. The van der Waals surface area contributed by atoms with Crippen LogP contribution in [-0.2, 0) is 25.9 Å². The number of benzene rings is 1. The molecule has 2 rings (SSSR count). The fourth-order valence-corrected chi connectivity index (χ4v) is 3.92. The predicted octanol–water partition coefficient (Wildman–Crippen LogP) is 3.02. The first-order chi connectivity index (χ1) is 12.9. The Balaban J connectivity index is 2.26. The topological polar surface area (TPSA) is 78.3 Å². The zero-order chi connectivity index (χ0) is 21.2. The van der Waals surface area contributed by atoms with Crippen LogP contribution in [0.3, 0.4) is 0 Å². The quantitative estimate of drug-likeness (QED) is 0.408. The normalized spacial score (nSPS) is 14.2. The Kier molecular flexibility index (Phi) is 6.41. The number of fused-ring (bicyclic) bond motifs is 1. The van der Waals surface area contributed by atoms with Crippen LogP contribution in [-0.4, -0.2) is 49.9 Å². The molecular formula is C20H28N2O4SSi. The number of carbonyl (C=O) groups is 1. The Bertz CT molecular complexity index is 1040. The zero-order valence-corrected chi connectivity index (χ0v) is 19.2. The van der Waals surface area contributed by atoms with Crippen LogP contribution in [0.1, 0.15) is 25.8 Å². The first kappa shape index (κ1) is 22.2. The second-order valence-electron chi connectivity index (χ2n) is 8.14. The van der Waals surface area contributed by atoms with Crippen molar-refractivity contribution in [2.75, 3.05) is 12.9 Å². The summed E-state index contributed by atoms with van der Waals surface area (Å²) in [5.74, 6) is 2.50. The van der Waals surface area contributed by atoms with Crippen LogP contribution in [0.15, 0.2) is 24.4 Å². The van der Waals surface area contributed by atoms with Crippen LogP contribution in [0.4, 0.5) is 0 Å². The molecule has 28 heavy (non-hydrogen) atoms. The number of nitrogens with zero attached hydrogens (tertiary/aromatic N) is 2. The minimum atomic E-state index is -3.64. The molecular weight excluding hydrogens is 392 g/mol. The lowest BCUT2D eigenvalue weighted by atomic mass is 10.1. The van der Waals surface area contributed by atoms with Crippen LogP contribution < -0.4 is 0 Å². The lowest BCUT2D eigenvalue weighted by Gasteiger charge is -2.25. The van der Waals surface area contributed by atoms with E-state index in [2.05, 4.69) is 36.2 Å². The van der Waals surface area contributed by atoms with Gasteiger partial charge in [-0.1, -0.05) is 25.6 Å². The van der Waals surface area contributed by atoms with Gasteiger partial charge in [0.05, 0.1) is 12.1 Å². The molecule has 1 heterocycles. The summed E-state index contributed by atoms with van der Waals surface area (Å²) in [5, 5.41) is 5.41. The van der Waals surface area contributed by atoms with E-state index in [-0.39, 0.29) is 19.6 Å². The van der Waals surface area contributed by atoms with Crippen LogP contribution in [0.5, 0.6) is 0 Å². The summed E-state index contributed by atoms with van der Waals surface area (Å²) in [4.78, 5) is 12.3. The summed E-state index contributed by atoms with van der Waals surface area (Å²) >= 11 is 0. The fourth-order valence-electron chi connectivity index (χ4n) is 2.58. The van der Waals surface area contributed by atoms with Gasteiger partial charge < -0.3 is 4.74 Å². The third-order valence-electron chi connectivity index (χ3n) is 4.48. The number of hydrogen-bond donors (Lipinski definition) is 0. The summed E-state index contributed by atoms with van der Waals surface area (Å²) in [6.45, 7) is 10.1. The molecule has 0 aliphatic carbocycles. The van der Waals surface area contributed by atoms with Gasteiger partial charge in [0.25, 0.3) is 0 Å². The number of carbonyl (C=O) groups excluding carboxylic acids is 1. The van der Waals surface area contributed by atoms with Gasteiger partial charge in [-0.25, -0.2) is 8.42 Å². The molecule has 0 saturated heterocycles. The van der Waals surface area contributed by atoms with Gasteiger partial charge in [-0.3, -0.25) is 9.48 Å². The average Bonchev–Trinajstić information content (AvgIpc) is 2.98. The van der Waals surface area contributed by atoms with Crippen molar-refractivity contribution in [3.63, 3.8) is 0 Å². The molecule has 1 aromatic heterocycles. The molecule has 0 fully saturated rings. The highest BCUT2D eigenvalue weighted by Gasteiger charge is 2.44. The Hall–Kier alpha value is -2.11. The molecule has 0 bridgehead atoms. The van der Waals surface area contributed by atoms with Gasteiger partial charge >= 0.3 is 5.97 Å². The molecule has 0 spiro atoms. The van der Waals surface area contributed by atoms with Crippen LogP contribution in [0.2, 0.25) is 19.6 Å². The maximum Gasteiger partial charge on any atom is 0.327 e. The van der Waals surface area contributed by atoms with E-state index in [1.807, 2.05) is 24.4 Å². The van der Waals surface area contributed by atoms with Gasteiger partial charge in [-0.05, 0) is 38.5 Å². The fraction of sp³-hybridized carbons (Fsp3) is 0.500. The van der Waals surface area contributed by atoms with Gasteiger partial charge in [-0.15, -0.1) is 5.54 Å². The van der Waals surface area contributed by atoms with Crippen molar-refractivity contribution in [2.24, 2.45) is 0 Å². The molecule has 8 heteroatoms. The van der Waals surface area contributed by atoms with Crippen LogP contribution in [0.25, 0.3) is 10.9 Å². The van der Waals surface area contributed by atoms with Crippen LogP contribution in [0, 0.1) is 11.5 Å². The van der Waals surface area contributed by atoms with Crippen molar-refractivity contribution in [1.29, 1.82) is 0 Å². The summed E-state index contributed by atoms with van der Waals surface area (Å²) in [7, 11) is -5.10. The maximum atomic E-state index is 12.3. The predicted molar refractivity (Wildman–Crippen MR) is 114 cm³/mol. The summed E-state index contributed by atoms with van der Waals surface area (Å²) in [6, 6.07) is 5.82. The van der Waals surface area contributed by atoms with Gasteiger partial charge in [-0.2, -0.15) is 5.10 Å². The van der Waals surface area contributed by atoms with E-state index < -0.39 is 28.6 Å². The Morgan fingerprint density at radius 1 is 1.32 bits per heavy atom. The summed E-state index contributed by atoms with van der Waals surface area (Å²) in [5.41, 5.74) is 5.07. The number of aromatic nitrogens is 2. The SMILES string of the molecule is CCOC(=O)C(C)(CCn1cc2cc(C#C[Si](C)(C)C)ccc2n1)S(C)(=O)=O. The van der Waals surface area contributed by atoms with Crippen molar-refractivity contribution < 1.29 is 17.9 Å². The molecule has 0 N–H and O–H groups in total. The van der Waals surface area contributed by atoms with E-state index in [4.69, 9.17) is 4.74 Å². The number of hydrogen-bond acceptors (Lipinski definition) is 5.